The molecule has 100 valence electrons. The van der Waals surface area contributed by atoms with Crippen LogP contribution in [0.25, 0.3) is 10.8 Å². The average Bonchev–Trinajstić information content (AvgIpc) is 2.43. The number of ether oxygens (including phenoxy) is 2. The molecule has 2 aromatic carbocycles. The Hall–Kier alpha value is -2.07. The van der Waals surface area contributed by atoms with Crippen molar-refractivity contribution in [3.05, 3.63) is 42.0 Å². The largest absolute Gasteiger partial charge is 0.493 e. The molecule has 0 aromatic heterocycles. The second-order valence-corrected chi connectivity index (χ2v) is 4.27. The summed E-state index contributed by atoms with van der Waals surface area (Å²) in [4.78, 5) is 0. The first-order chi connectivity index (χ1) is 9.24. The fourth-order valence-electron chi connectivity index (χ4n) is 2.02. The van der Waals surface area contributed by atoms with E-state index in [-0.39, 0.29) is 5.84 Å². The average molecular weight is 258 g/mol. The molecule has 4 heteroatoms. The van der Waals surface area contributed by atoms with Crippen molar-refractivity contribution in [1.29, 1.82) is 5.41 Å². The summed E-state index contributed by atoms with van der Waals surface area (Å²) < 4.78 is 10.8. The first-order valence-electron chi connectivity index (χ1n) is 6.22. The van der Waals surface area contributed by atoms with E-state index in [1.54, 1.807) is 7.11 Å². The predicted molar refractivity (Wildman–Crippen MR) is 77.0 cm³/mol. The first-order valence-corrected chi connectivity index (χ1v) is 6.22. The molecule has 0 aliphatic heterocycles. The lowest BCUT2D eigenvalue weighted by molar-refractivity contribution is 0.172. The van der Waals surface area contributed by atoms with E-state index in [4.69, 9.17) is 20.6 Å². The maximum absolute atomic E-state index is 7.60. The van der Waals surface area contributed by atoms with Gasteiger partial charge in [0, 0.05) is 31.1 Å². The minimum Gasteiger partial charge on any atom is -0.493 e. The number of nitrogens with one attached hydrogen (secondary N) is 1. The zero-order valence-corrected chi connectivity index (χ0v) is 11.0. The number of methoxy groups -OCH3 is 1. The summed E-state index contributed by atoms with van der Waals surface area (Å²) in [5, 5.41) is 9.52. The van der Waals surface area contributed by atoms with Crippen LogP contribution < -0.4 is 10.5 Å². The Balaban J connectivity index is 2.30. The van der Waals surface area contributed by atoms with Crippen molar-refractivity contribution in [1.82, 2.24) is 0 Å². The SMILES string of the molecule is COCCCOc1ccc(C(=N)N)c2ccccc12. The van der Waals surface area contributed by atoms with E-state index in [1.165, 1.54) is 0 Å². The molecule has 0 spiro atoms. The molecule has 0 unspecified atom stereocenters. The molecule has 0 heterocycles. The van der Waals surface area contributed by atoms with Crippen LogP contribution in [0, 0.1) is 5.41 Å². The van der Waals surface area contributed by atoms with Crippen molar-refractivity contribution < 1.29 is 9.47 Å². The van der Waals surface area contributed by atoms with Crippen molar-refractivity contribution in [3.63, 3.8) is 0 Å². The molecule has 0 atom stereocenters. The van der Waals surface area contributed by atoms with Gasteiger partial charge in [0.1, 0.15) is 11.6 Å². The van der Waals surface area contributed by atoms with Gasteiger partial charge in [-0.1, -0.05) is 24.3 Å². The predicted octanol–water partition coefficient (Wildman–Crippen LogP) is 2.54. The van der Waals surface area contributed by atoms with Crippen LogP contribution in [-0.4, -0.2) is 26.2 Å². The third-order valence-corrected chi connectivity index (χ3v) is 2.92. The summed E-state index contributed by atoms with van der Waals surface area (Å²) in [5.74, 6) is 0.888. The summed E-state index contributed by atoms with van der Waals surface area (Å²) in [5.41, 5.74) is 6.33. The van der Waals surface area contributed by atoms with Crippen LogP contribution in [-0.2, 0) is 4.74 Å². The number of rotatable bonds is 6. The van der Waals surface area contributed by atoms with Gasteiger partial charge in [0.05, 0.1) is 6.61 Å². The maximum Gasteiger partial charge on any atom is 0.127 e. The highest BCUT2D eigenvalue weighted by Crippen LogP contribution is 2.28. The minimum atomic E-state index is 0.0714. The Morgan fingerprint density at radius 1 is 1.11 bits per heavy atom. The number of benzene rings is 2. The van der Waals surface area contributed by atoms with Gasteiger partial charge < -0.3 is 15.2 Å². The van der Waals surface area contributed by atoms with Crippen molar-refractivity contribution in [2.45, 2.75) is 6.42 Å². The molecule has 0 bridgehead atoms. The highest BCUT2D eigenvalue weighted by Gasteiger charge is 2.08. The molecule has 0 aliphatic carbocycles. The molecule has 2 aromatic rings. The summed E-state index contributed by atoms with van der Waals surface area (Å²) in [6.45, 7) is 1.29. The molecule has 0 saturated heterocycles. The third-order valence-electron chi connectivity index (χ3n) is 2.92. The molecule has 0 saturated carbocycles. The van der Waals surface area contributed by atoms with E-state index in [0.717, 1.165) is 28.5 Å². The third kappa shape index (κ3) is 3.03. The van der Waals surface area contributed by atoms with Gasteiger partial charge in [0.2, 0.25) is 0 Å². The van der Waals surface area contributed by atoms with Gasteiger partial charge in [-0.05, 0) is 17.5 Å². The second-order valence-electron chi connectivity index (χ2n) is 4.27. The number of hydrogen-bond donors (Lipinski definition) is 2. The van der Waals surface area contributed by atoms with Crippen LogP contribution in [0.15, 0.2) is 36.4 Å². The van der Waals surface area contributed by atoms with Gasteiger partial charge in [-0.3, -0.25) is 5.41 Å². The van der Waals surface area contributed by atoms with Crippen LogP contribution in [0.5, 0.6) is 5.75 Å². The van der Waals surface area contributed by atoms with Crippen LogP contribution in [0.1, 0.15) is 12.0 Å². The highest BCUT2D eigenvalue weighted by atomic mass is 16.5. The van der Waals surface area contributed by atoms with Crippen molar-refractivity contribution in [2.24, 2.45) is 5.73 Å². The summed E-state index contributed by atoms with van der Waals surface area (Å²) in [6.07, 6.45) is 0.847. The Kier molecular flexibility index (Phi) is 4.36. The van der Waals surface area contributed by atoms with Gasteiger partial charge in [0.15, 0.2) is 0 Å². The summed E-state index contributed by atoms with van der Waals surface area (Å²) >= 11 is 0. The minimum absolute atomic E-state index is 0.0714. The Bertz CT molecular complexity index is 581. The molecular formula is C15H18N2O2. The molecule has 3 N–H and O–H groups in total. The standard InChI is InChI=1S/C15H18N2O2/c1-18-9-4-10-19-14-8-7-13(15(16)17)11-5-2-3-6-12(11)14/h2-3,5-8H,4,9-10H2,1H3,(H3,16,17). The quantitative estimate of drug-likeness (QED) is 0.475. The number of nitrogens with two attached hydrogens (primary N) is 1. The van der Waals surface area contributed by atoms with Crippen molar-refractivity contribution >= 4 is 16.6 Å². The van der Waals surface area contributed by atoms with Gasteiger partial charge >= 0.3 is 0 Å². The fraction of sp³-hybridized carbons (Fsp3) is 0.267. The van der Waals surface area contributed by atoms with Crippen LogP contribution >= 0.6 is 0 Å². The Morgan fingerprint density at radius 3 is 2.53 bits per heavy atom. The Morgan fingerprint density at radius 2 is 1.84 bits per heavy atom. The monoisotopic (exact) mass is 258 g/mol. The van der Waals surface area contributed by atoms with Gasteiger partial charge in [0.25, 0.3) is 0 Å². The second kappa shape index (κ2) is 6.20. The molecule has 0 amide bonds. The van der Waals surface area contributed by atoms with Crippen molar-refractivity contribution in [3.8, 4) is 5.75 Å². The molecule has 0 fully saturated rings. The zero-order valence-electron chi connectivity index (χ0n) is 11.0. The lowest BCUT2D eigenvalue weighted by atomic mass is 10.0. The fourth-order valence-corrected chi connectivity index (χ4v) is 2.02. The number of hydrogen-bond acceptors (Lipinski definition) is 3. The van der Waals surface area contributed by atoms with Crippen LogP contribution in [0.4, 0.5) is 0 Å². The van der Waals surface area contributed by atoms with E-state index >= 15 is 0 Å². The van der Waals surface area contributed by atoms with E-state index in [0.29, 0.717) is 13.2 Å². The lowest BCUT2D eigenvalue weighted by Crippen LogP contribution is -2.11. The van der Waals surface area contributed by atoms with Gasteiger partial charge in [-0.2, -0.15) is 0 Å². The smallest absolute Gasteiger partial charge is 0.127 e. The number of amidine groups is 1. The summed E-state index contributed by atoms with van der Waals surface area (Å²) in [7, 11) is 1.68. The summed E-state index contributed by atoms with van der Waals surface area (Å²) in [6, 6.07) is 11.5. The lowest BCUT2D eigenvalue weighted by Gasteiger charge is -2.11. The van der Waals surface area contributed by atoms with E-state index < -0.39 is 0 Å². The van der Waals surface area contributed by atoms with E-state index in [9.17, 15) is 0 Å². The van der Waals surface area contributed by atoms with E-state index in [1.807, 2.05) is 36.4 Å². The molecule has 2 rings (SSSR count). The van der Waals surface area contributed by atoms with Crippen LogP contribution in [0.2, 0.25) is 0 Å². The zero-order chi connectivity index (χ0) is 13.7. The van der Waals surface area contributed by atoms with Crippen molar-refractivity contribution in [2.75, 3.05) is 20.3 Å². The molecule has 19 heavy (non-hydrogen) atoms. The number of fused-ring (bicyclic) bond motifs is 1. The number of nitrogen functional groups attached to an aromatic ring is 1. The topological polar surface area (TPSA) is 68.3 Å². The first kappa shape index (κ1) is 13.4. The van der Waals surface area contributed by atoms with E-state index in [2.05, 4.69) is 0 Å². The molecule has 0 radical (unpaired) electrons. The van der Waals surface area contributed by atoms with Gasteiger partial charge in [-0.25, -0.2) is 0 Å². The van der Waals surface area contributed by atoms with Gasteiger partial charge in [-0.15, -0.1) is 0 Å². The Labute approximate surface area is 112 Å². The normalized spacial score (nSPS) is 10.6. The maximum atomic E-state index is 7.60. The highest BCUT2D eigenvalue weighted by molar-refractivity contribution is 6.09. The molecule has 0 aliphatic rings. The van der Waals surface area contributed by atoms with Crippen LogP contribution in [0.3, 0.4) is 0 Å². The molecular weight excluding hydrogens is 240 g/mol. The molecule has 4 nitrogen and oxygen atoms in total.